The molecule has 4 rings (SSSR count). The van der Waals surface area contributed by atoms with Crippen LogP contribution in [0, 0.1) is 0 Å². The van der Waals surface area contributed by atoms with Gasteiger partial charge in [0.25, 0.3) is 0 Å². The third kappa shape index (κ3) is 3.71. The van der Waals surface area contributed by atoms with Gasteiger partial charge in [-0.3, -0.25) is 0 Å². The third-order valence-corrected chi connectivity index (χ3v) is 4.44. The summed E-state index contributed by atoms with van der Waals surface area (Å²) in [6.07, 6.45) is 0. The standard InChI is InChI=1S/C24H22N4/c1-27(2)24(20-14-8-4-9-15-20)25-23-18-22(19-12-6-3-7-13-19)26-28(23)21-16-10-5-11-17-21/h3-18H,1-2H3. The van der Waals surface area contributed by atoms with Crippen molar-refractivity contribution in [3.05, 3.63) is 103 Å². The van der Waals surface area contributed by atoms with Crippen LogP contribution in [0.3, 0.4) is 0 Å². The molecule has 1 aromatic heterocycles. The zero-order valence-corrected chi connectivity index (χ0v) is 16.0. The molecule has 0 saturated heterocycles. The Morgan fingerprint density at radius 2 is 1.36 bits per heavy atom. The lowest BCUT2D eigenvalue weighted by atomic mass is 10.1. The Balaban J connectivity index is 1.88. The summed E-state index contributed by atoms with van der Waals surface area (Å²) in [7, 11) is 4.01. The van der Waals surface area contributed by atoms with Crippen molar-refractivity contribution in [1.29, 1.82) is 0 Å². The Morgan fingerprint density at radius 3 is 1.96 bits per heavy atom. The number of hydrogen-bond donors (Lipinski definition) is 0. The first kappa shape index (κ1) is 17.7. The first-order valence-electron chi connectivity index (χ1n) is 9.25. The van der Waals surface area contributed by atoms with E-state index >= 15 is 0 Å². The molecule has 4 heteroatoms. The van der Waals surface area contributed by atoms with Crippen molar-refractivity contribution >= 4 is 11.7 Å². The minimum absolute atomic E-state index is 0.789. The van der Waals surface area contributed by atoms with Crippen LogP contribution in [0.5, 0.6) is 0 Å². The monoisotopic (exact) mass is 366 g/mol. The minimum atomic E-state index is 0.789. The number of nitrogens with zero attached hydrogens (tertiary/aromatic N) is 4. The largest absolute Gasteiger partial charge is 0.362 e. The normalized spacial score (nSPS) is 11.4. The molecule has 0 fully saturated rings. The van der Waals surface area contributed by atoms with Gasteiger partial charge < -0.3 is 4.90 Å². The van der Waals surface area contributed by atoms with Crippen LogP contribution >= 0.6 is 0 Å². The first-order chi connectivity index (χ1) is 13.7. The fraction of sp³-hybridized carbons (Fsp3) is 0.0833. The minimum Gasteiger partial charge on any atom is -0.362 e. The Bertz CT molecular complexity index is 1070. The number of amidine groups is 1. The van der Waals surface area contributed by atoms with E-state index in [9.17, 15) is 0 Å². The average molecular weight is 366 g/mol. The molecule has 0 saturated carbocycles. The van der Waals surface area contributed by atoms with Crippen molar-refractivity contribution in [3.8, 4) is 16.9 Å². The highest BCUT2D eigenvalue weighted by Crippen LogP contribution is 2.27. The van der Waals surface area contributed by atoms with Gasteiger partial charge in [-0.25, -0.2) is 9.67 Å². The molecular formula is C24H22N4. The van der Waals surface area contributed by atoms with Crippen molar-refractivity contribution in [3.63, 3.8) is 0 Å². The molecule has 4 aromatic rings. The van der Waals surface area contributed by atoms with E-state index < -0.39 is 0 Å². The molecule has 4 nitrogen and oxygen atoms in total. The summed E-state index contributed by atoms with van der Waals surface area (Å²) in [5.41, 5.74) is 4.01. The van der Waals surface area contributed by atoms with Crippen molar-refractivity contribution in [2.24, 2.45) is 4.99 Å². The van der Waals surface area contributed by atoms with Gasteiger partial charge in [0.1, 0.15) is 5.84 Å². The van der Waals surface area contributed by atoms with E-state index in [1.54, 1.807) is 0 Å². The molecule has 0 bridgehead atoms. The van der Waals surface area contributed by atoms with Gasteiger partial charge in [0, 0.05) is 31.3 Å². The van der Waals surface area contributed by atoms with E-state index in [1.165, 1.54) is 0 Å². The van der Waals surface area contributed by atoms with Crippen LogP contribution in [0.1, 0.15) is 5.56 Å². The zero-order chi connectivity index (χ0) is 19.3. The predicted octanol–water partition coefficient (Wildman–Crippen LogP) is 5.18. The molecule has 0 N–H and O–H groups in total. The second-order valence-corrected chi connectivity index (χ2v) is 6.70. The Hall–Kier alpha value is -3.66. The maximum Gasteiger partial charge on any atom is 0.158 e. The molecule has 138 valence electrons. The number of aromatic nitrogens is 2. The average Bonchev–Trinajstić information content (AvgIpc) is 3.18. The lowest BCUT2D eigenvalue weighted by Crippen LogP contribution is -2.23. The fourth-order valence-electron chi connectivity index (χ4n) is 3.08. The molecule has 0 aliphatic rings. The second-order valence-electron chi connectivity index (χ2n) is 6.70. The van der Waals surface area contributed by atoms with E-state index in [1.807, 2.05) is 96.5 Å². The molecule has 0 radical (unpaired) electrons. The molecule has 0 atom stereocenters. The van der Waals surface area contributed by atoms with E-state index in [-0.39, 0.29) is 0 Å². The molecule has 0 aliphatic carbocycles. The summed E-state index contributed by atoms with van der Waals surface area (Å²) in [4.78, 5) is 7.02. The Kier molecular flexibility index (Phi) is 5.02. The lowest BCUT2D eigenvalue weighted by Gasteiger charge is -2.16. The van der Waals surface area contributed by atoms with Crippen molar-refractivity contribution in [2.45, 2.75) is 0 Å². The second kappa shape index (κ2) is 7.92. The molecular weight excluding hydrogens is 344 g/mol. The topological polar surface area (TPSA) is 33.4 Å². The van der Waals surface area contributed by atoms with Gasteiger partial charge >= 0.3 is 0 Å². The fourth-order valence-corrected chi connectivity index (χ4v) is 3.08. The third-order valence-electron chi connectivity index (χ3n) is 4.44. The van der Waals surface area contributed by atoms with Gasteiger partial charge in [0.05, 0.1) is 11.4 Å². The summed E-state index contributed by atoms with van der Waals surface area (Å²) in [6.45, 7) is 0. The summed E-state index contributed by atoms with van der Waals surface area (Å²) < 4.78 is 1.90. The SMILES string of the molecule is CN(C)C(=Nc1cc(-c2ccccc2)nn1-c1ccccc1)c1ccccc1. The number of para-hydroxylation sites is 1. The molecule has 1 heterocycles. The van der Waals surface area contributed by atoms with Gasteiger partial charge in [-0.05, 0) is 12.1 Å². The van der Waals surface area contributed by atoms with Crippen LogP contribution in [0.4, 0.5) is 5.82 Å². The highest BCUT2D eigenvalue weighted by Gasteiger charge is 2.13. The van der Waals surface area contributed by atoms with Crippen LogP contribution in [0.15, 0.2) is 102 Å². The maximum absolute atomic E-state index is 4.99. The van der Waals surface area contributed by atoms with Crippen LogP contribution in [0.2, 0.25) is 0 Å². The summed E-state index contributed by atoms with van der Waals surface area (Å²) >= 11 is 0. The number of benzene rings is 3. The molecule has 3 aromatic carbocycles. The number of aliphatic imine (C=N–C) groups is 1. The smallest absolute Gasteiger partial charge is 0.158 e. The quantitative estimate of drug-likeness (QED) is 0.368. The van der Waals surface area contributed by atoms with Crippen LogP contribution in [-0.2, 0) is 0 Å². The molecule has 0 aliphatic heterocycles. The van der Waals surface area contributed by atoms with E-state index in [4.69, 9.17) is 10.1 Å². The maximum atomic E-state index is 4.99. The van der Waals surface area contributed by atoms with Gasteiger partial charge in [-0.2, -0.15) is 5.10 Å². The first-order valence-corrected chi connectivity index (χ1v) is 9.25. The van der Waals surface area contributed by atoms with Gasteiger partial charge in [0.2, 0.25) is 0 Å². The molecule has 0 spiro atoms. The van der Waals surface area contributed by atoms with Gasteiger partial charge in [0.15, 0.2) is 5.82 Å². The van der Waals surface area contributed by atoms with Crippen LogP contribution in [-0.4, -0.2) is 34.6 Å². The van der Waals surface area contributed by atoms with Crippen molar-refractivity contribution in [2.75, 3.05) is 14.1 Å². The Morgan fingerprint density at radius 1 is 0.786 bits per heavy atom. The molecule has 28 heavy (non-hydrogen) atoms. The number of hydrogen-bond acceptors (Lipinski definition) is 2. The van der Waals surface area contributed by atoms with Crippen molar-refractivity contribution < 1.29 is 0 Å². The number of rotatable bonds is 4. The van der Waals surface area contributed by atoms with Crippen LogP contribution < -0.4 is 0 Å². The summed E-state index contributed by atoms with van der Waals surface area (Å²) in [5, 5.41) is 4.85. The van der Waals surface area contributed by atoms with E-state index in [0.29, 0.717) is 0 Å². The summed E-state index contributed by atoms with van der Waals surface area (Å²) in [5.74, 6) is 1.68. The highest BCUT2D eigenvalue weighted by atomic mass is 15.3. The van der Waals surface area contributed by atoms with E-state index in [0.717, 1.165) is 34.2 Å². The molecule has 0 unspecified atom stereocenters. The van der Waals surface area contributed by atoms with Crippen molar-refractivity contribution in [1.82, 2.24) is 14.7 Å². The lowest BCUT2D eigenvalue weighted by molar-refractivity contribution is 0.623. The highest BCUT2D eigenvalue weighted by molar-refractivity contribution is 6.00. The zero-order valence-electron chi connectivity index (χ0n) is 16.0. The molecule has 0 amide bonds. The van der Waals surface area contributed by atoms with Gasteiger partial charge in [-0.1, -0.05) is 78.9 Å². The van der Waals surface area contributed by atoms with Gasteiger partial charge in [-0.15, -0.1) is 0 Å². The Labute approximate surface area is 165 Å². The van der Waals surface area contributed by atoms with E-state index in [2.05, 4.69) is 24.3 Å². The van der Waals surface area contributed by atoms with Crippen LogP contribution in [0.25, 0.3) is 16.9 Å². The predicted molar refractivity (Wildman–Crippen MR) is 115 cm³/mol. The summed E-state index contributed by atoms with van der Waals surface area (Å²) in [6, 6.07) is 32.5.